The van der Waals surface area contributed by atoms with Gasteiger partial charge in [-0.25, -0.2) is 14.5 Å². The standard InChI is InChI=1S/C23H30N8O.ClH/c1-15-19(16(2)31-23(26-15)24-14-25-31)8-10-22(32)28-18-7-9-21-20(13-18)27-17(3)30(21)12-6-11-29(4)5;/h7,9,13-14H,6,8,10-12H2,1-5H3,(H,28,32);1H. The predicted octanol–water partition coefficient (Wildman–Crippen LogP) is 3.34. The highest BCUT2D eigenvalue weighted by Gasteiger charge is 2.14. The van der Waals surface area contributed by atoms with Crippen LogP contribution in [0.2, 0.25) is 0 Å². The number of aromatic nitrogens is 6. The molecular weight excluding hydrogens is 440 g/mol. The zero-order chi connectivity index (χ0) is 22.8. The Labute approximate surface area is 199 Å². The van der Waals surface area contributed by atoms with Crippen molar-refractivity contribution in [1.82, 2.24) is 34.0 Å². The number of rotatable bonds is 8. The Hall–Kier alpha value is -3.04. The van der Waals surface area contributed by atoms with E-state index in [9.17, 15) is 4.79 Å². The molecule has 0 bridgehead atoms. The van der Waals surface area contributed by atoms with Crippen molar-refractivity contribution in [3.63, 3.8) is 0 Å². The molecule has 4 aromatic rings. The molecule has 3 heterocycles. The molecule has 0 aliphatic carbocycles. The molecule has 10 heteroatoms. The Morgan fingerprint density at radius 2 is 1.94 bits per heavy atom. The number of benzene rings is 1. The number of fused-ring (bicyclic) bond motifs is 2. The van der Waals surface area contributed by atoms with Crippen LogP contribution in [0.25, 0.3) is 16.8 Å². The van der Waals surface area contributed by atoms with Gasteiger partial charge in [0.2, 0.25) is 5.91 Å². The van der Waals surface area contributed by atoms with Crippen molar-refractivity contribution in [3.05, 3.63) is 47.3 Å². The normalized spacial score (nSPS) is 11.3. The highest BCUT2D eigenvalue weighted by atomic mass is 35.5. The van der Waals surface area contributed by atoms with Crippen LogP contribution in [-0.2, 0) is 17.8 Å². The molecule has 0 aliphatic rings. The van der Waals surface area contributed by atoms with E-state index in [2.05, 4.69) is 43.9 Å². The van der Waals surface area contributed by atoms with Crippen LogP contribution < -0.4 is 5.32 Å². The Morgan fingerprint density at radius 1 is 1.15 bits per heavy atom. The molecule has 0 atom stereocenters. The highest BCUT2D eigenvalue weighted by molar-refractivity contribution is 5.93. The van der Waals surface area contributed by atoms with Gasteiger partial charge in [-0.1, -0.05) is 0 Å². The zero-order valence-electron chi connectivity index (χ0n) is 19.8. The zero-order valence-corrected chi connectivity index (χ0v) is 20.6. The lowest BCUT2D eigenvalue weighted by Crippen LogP contribution is -2.15. The summed E-state index contributed by atoms with van der Waals surface area (Å²) in [5.74, 6) is 1.53. The first-order valence-electron chi connectivity index (χ1n) is 10.9. The van der Waals surface area contributed by atoms with E-state index >= 15 is 0 Å². The number of halogens is 1. The molecule has 0 unspecified atom stereocenters. The van der Waals surface area contributed by atoms with Crippen LogP contribution in [0.4, 0.5) is 5.69 Å². The third-order valence-electron chi connectivity index (χ3n) is 5.80. The third-order valence-corrected chi connectivity index (χ3v) is 5.80. The number of hydrogen-bond donors (Lipinski definition) is 1. The van der Waals surface area contributed by atoms with Gasteiger partial charge < -0.3 is 14.8 Å². The second-order valence-electron chi connectivity index (χ2n) is 8.45. The van der Waals surface area contributed by atoms with Crippen LogP contribution in [-0.4, -0.2) is 60.6 Å². The van der Waals surface area contributed by atoms with Crippen LogP contribution in [0.15, 0.2) is 24.5 Å². The molecule has 0 spiro atoms. The summed E-state index contributed by atoms with van der Waals surface area (Å²) in [7, 11) is 4.17. The maximum atomic E-state index is 12.6. The average molecular weight is 471 g/mol. The lowest BCUT2D eigenvalue weighted by Gasteiger charge is -2.12. The molecule has 176 valence electrons. The summed E-state index contributed by atoms with van der Waals surface area (Å²) in [4.78, 5) is 28.1. The second kappa shape index (κ2) is 10.3. The number of nitrogens with one attached hydrogen (secondary N) is 1. The third kappa shape index (κ3) is 5.31. The molecule has 1 amide bonds. The van der Waals surface area contributed by atoms with Gasteiger partial charge in [0.1, 0.15) is 12.2 Å². The summed E-state index contributed by atoms with van der Waals surface area (Å²) in [5.41, 5.74) is 5.64. The van der Waals surface area contributed by atoms with Gasteiger partial charge >= 0.3 is 0 Å². The monoisotopic (exact) mass is 470 g/mol. The SMILES string of the molecule is Cc1nc2ncnn2c(C)c1CCC(=O)Nc1ccc2c(c1)nc(C)n2CCCN(C)C.Cl. The van der Waals surface area contributed by atoms with Crippen molar-refractivity contribution in [3.8, 4) is 0 Å². The predicted molar refractivity (Wildman–Crippen MR) is 132 cm³/mol. The van der Waals surface area contributed by atoms with Crippen molar-refractivity contribution in [1.29, 1.82) is 0 Å². The van der Waals surface area contributed by atoms with E-state index < -0.39 is 0 Å². The van der Waals surface area contributed by atoms with Gasteiger partial charge in [-0.05, 0) is 78.0 Å². The minimum Gasteiger partial charge on any atom is -0.328 e. The summed E-state index contributed by atoms with van der Waals surface area (Å²) < 4.78 is 3.95. The Bertz CT molecular complexity index is 1280. The fraction of sp³-hybridized carbons (Fsp3) is 0.435. The maximum absolute atomic E-state index is 12.6. The van der Waals surface area contributed by atoms with Crippen LogP contribution >= 0.6 is 12.4 Å². The molecule has 1 N–H and O–H groups in total. The van der Waals surface area contributed by atoms with Gasteiger partial charge in [0.25, 0.3) is 5.78 Å². The second-order valence-corrected chi connectivity index (χ2v) is 8.45. The molecular formula is C23H31ClN8O. The van der Waals surface area contributed by atoms with Crippen molar-refractivity contribution < 1.29 is 4.79 Å². The summed E-state index contributed by atoms with van der Waals surface area (Å²) in [6, 6.07) is 5.93. The first kappa shape index (κ1) is 24.6. The fourth-order valence-corrected chi connectivity index (χ4v) is 4.13. The van der Waals surface area contributed by atoms with Crippen molar-refractivity contribution >= 4 is 40.8 Å². The van der Waals surface area contributed by atoms with E-state index in [1.165, 1.54) is 6.33 Å². The van der Waals surface area contributed by atoms with Gasteiger partial charge in [-0.3, -0.25) is 4.79 Å². The smallest absolute Gasteiger partial charge is 0.252 e. The van der Waals surface area contributed by atoms with Gasteiger partial charge in [0.15, 0.2) is 0 Å². The number of nitrogens with zero attached hydrogens (tertiary/aromatic N) is 7. The summed E-state index contributed by atoms with van der Waals surface area (Å²) in [5, 5.41) is 7.22. The van der Waals surface area contributed by atoms with E-state index in [1.54, 1.807) is 4.52 Å². The average Bonchev–Trinajstić information content (AvgIpc) is 3.31. The van der Waals surface area contributed by atoms with E-state index in [4.69, 9.17) is 4.98 Å². The minimum atomic E-state index is -0.0380. The molecule has 9 nitrogen and oxygen atoms in total. The van der Waals surface area contributed by atoms with Gasteiger partial charge in [0, 0.05) is 30.0 Å². The number of anilines is 1. The molecule has 0 radical (unpaired) electrons. The van der Waals surface area contributed by atoms with Crippen LogP contribution in [0.5, 0.6) is 0 Å². The van der Waals surface area contributed by atoms with Crippen LogP contribution in [0, 0.1) is 20.8 Å². The summed E-state index contributed by atoms with van der Waals surface area (Å²) in [6.45, 7) is 7.91. The van der Waals surface area contributed by atoms with Crippen molar-refractivity contribution in [2.45, 2.75) is 46.6 Å². The molecule has 33 heavy (non-hydrogen) atoms. The first-order valence-corrected chi connectivity index (χ1v) is 10.9. The Morgan fingerprint density at radius 3 is 2.70 bits per heavy atom. The number of imidazole rings is 1. The van der Waals surface area contributed by atoms with E-state index in [0.29, 0.717) is 18.6 Å². The van der Waals surface area contributed by atoms with E-state index in [0.717, 1.165) is 59.0 Å². The van der Waals surface area contributed by atoms with Crippen LogP contribution in [0.1, 0.15) is 35.6 Å². The summed E-state index contributed by atoms with van der Waals surface area (Å²) >= 11 is 0. The van der Waals surface area contributed by atoms with Gasteiger partial charge in [-0.15, -0.1) is 12.4 Å². The van der Waals surface area contributed by atoms with Gasteiger partial charge in [0.05, 0.1) is 11.0 Å². The molecule has 0 saturated carbocycles. The molecule has 0 aliphatic heterocycles. The summed E-state index contributed by atoms with van der Waals surface area (Å²) in [6.07, 6.45) is 3.51. The van der Waals surface area contributed by atoms with Gasteiger partial charge in [-0.2, -0.15) is 10.1 Å². The first-order chi connectivity index (χ1) is 15.3. The van der Waals surface area contributed by atoms with Crippen LogP contribution in [0.3, 0.4) is 0 Å². The number of aryl methyl sites for hydroxylation is 4. The van der Waals surface area contributed by atoms with Crippen molar-refractivity contribution in [2.24, 2.45) is 0 Å². The Balaban J connectivity index is 0.00000306. The number of hydrogen-bond acceptors (Lipinski definition) is 6. The Kier molecular flexibility index (Phi) is 7.65. The molecule has 0 saturated heterocycles. The maximum Gasteiger partial charge on any atom is 0.252 e. The lowest BCUT2D eigenvalue weighted by atomic mass is 10.1. The molecule has 1 aromatic carbocycles. The number of carbonyl (C=O) groups excluding carboxylic acids is 1. The lowest BCUT2D eigenvalue weighted by molar-refractivity contribution is -0.116. The fourth-order valence-electron chi connectivity index (χ4n) is 4.13. The quantitative estimate of drug-likeness (QED) is 0.424. The van der Waals surface area contributed by atoms with E-state index in [-0.39, 0.29) is 18.3 Å². The minimum absolute atomic E-state index is 0. The number of carbonyl (C=O) groups is 1. The highest BCUT2D eigenvalue weighted by Crippen LogP contribution is 2.21. The largest absolute Gasteiger partial charge is 0.328 e. The molecule has 3 aromatic heterocycles. The number of amides is 1. The van der Waals surface area contributed by atoms with E-state index in [1.807, 2.05) is 39.0 Å². The molecule has 4 rings (SSSR count). The van der Waals surface area contributed by atoms with Crippen molar-refractivity contribution in [2.75, 3.05) is 26.0 Å². The molecule has 0 fully saturated rings. The topological polar surface area (TPSA) is 93.2 Å².